The van der Waals surface area contributed by atoms with E-state index >= 15 is 0 Å². The lowest BCUT2D eigenvalue weighted by Crippen LogP contribution is -2.55. The molecule has 2 aromatic rings. The number of carbonyl (C=O) groups excluding carboxylic acids is 2. The molecule has 7 nitrogen and oxygen atoms in total. The van der Waals surface area contributed by atoms with E-state index in [9.17, 15) is 9.59 Å². The van der Waals surface area contributed by atoms with Crippen molar-refractivity contribution in [3.8, 4) is 5.69 Å². The molecule has 1 aromatic carbocycles. The van der Waals surface area contributed by atoms with Crippen molar-refractivity contribution in [2.75, 3.05) is 26.2 Å². The van der Waals surface area contributed by atoms with E-state index in [0.29, 0.717) is 37.8 Å². The van der Waals surface area contributed by atoms with Gasteiger partial charge in [-0.2, -0.15) is 5.10 Å². The molecule has 7 heteroatoms. The molecule has 2 aliphatic rings. The second-order valence-corrected chi connectivity index (χ2v) is 7.30. The lowest BCUT2D eigenvalue weighted by atomic mass is 10.2. The Hall–Kier alpha value is -2.67. The van der Waals surface area contributed by atoms with Crippen LogP contribution in [0, 0.1) is 0 Å². The first-order chi connectivity index (χ1) is 13.1. The summed E-state index contributed by atoms with van der Waals surface area (Å²) in [5.74, 6) is 0.0910. The van der Waals surface area contributed by atoms with E-state index in [2.05, 4.69) is 15.3 Å². The number of nitrogens with one attached hydrogen (secondary N) is 1. The molecule has 27 heavy (non-hydrogen) atoms. The van der Waals surface area contributed by atoms with Gasteiger partial charge in [0, 0.05) is 38.4 Å². The molecule has 1 saturated carbocycles. The maximum absolute atomic E-state index is 12.8. The number of piperazine rings is 1. The summed E-state index contributed by atoms with van der Waals surface area (Å²) in [7, 11) is 0. The van der Waals surface area contributed by atoms with Crippen LogP contribution in [0.4, 0.5) is 0 Å². The first-order valence-electron chi connectivity index (χ1n) is 9.55. The zero-order chi connectivity index (χ0) is 18.8. The van der Waals surface area contributed by atoms with Crippen LogP contribution in [0.5, 0.6) is 0 Å². The Morgan fingerprint density at radius 2 is 1.81 bits per heavy atom. The first kappa shape index (κ1) is 17.7. The average Bonchev–Trinajstić information content (AvgIpc) is 3.39. The van der Waals surface area contributed by atoms with Gasteiger partial charge in [-0.05, 0) is 31.9 Å². The number of rotatable bonds is 5. The van der Waals surface area contributed by atoms with E-state index < -0.39 is 0 Å². The van der Waals surface area contributed by atoms with E-state index in [0.717, 1.165) is 18.5 Å². The minimum atomic E-state index is -0.149. The van der Waals surface area contributed by atoms with Gasteiger partial charge in [0.1, 0.15) is 0 Å². The number of amides is 2. The lowest BCUT2D eigenvalue weighted by molar-refractivity contribution is -0.126. The predicted molar refractivity (Wildman–Crippen MR) is 102 cm³/mol. The molecule has 1 unspecified atom stereocenters. The van der Waals surface area contributed by atoms with Crippen LogP contribution in [-0.4, -0.2) is 69.7 Å². The van der Waals surface area contributed by atoms with Crippen molar-refractivity contribution in [1.82, 2.24) is 24.9 Å². The van der Waals surface area contributed by atoms with Crippen LogP contribution in [0.1, 0.15) is 30.1 Å². The average molecular weight is 367 g/mol. The Morgan fingerprint density at radius 1 is 1.11 bits per heavy atom. The van der Waals surface area contributed by atoms with Crippen molar-refractivity contribution in [3.63, 3.8) is 0 Å². The summed E-state index contributed by atoms with van der Waals surface area (Å²) in [4.78, 5) is 29.0. The van der Waals surface area contributed by atoms with E-state index in [4.69, 9.17) is 0 Å². The molecule has 1 atom stereocenters. The molecule has 4 rings (SSSR count). The molecule has 1 N–H and O–H groups in total. The highest BCUT2D eigenvalue weighted by Gasteiger charge is 2.31. The third-order valence-corrected chi connectivity index (χ3v) is 5.30. The summed E-state index contributed by atoms with van der Waals surface area (Å²) >= 11 is 0. The van der Waals surface area contributed by atoms with E-state index in [-0.39, 0.29) is 17.9 Å². The molecule has 0 bridgehead atoms. The fourth-order valence-corrected chi connectivity index (χ4v) is 3.37. The van der Waals surface area contributed by atoms with Crippen LogP contribution >= 0.6 is 0 Å². The smallest absolute Gasteiger partial charge is 0.257 e. The zero-order valence-corrected chi connectivity index (χ0v) is 15.5. The van der Waals surface area contributed by atoms with E-state index in [1.165, 1.54) is 0 Å². The second kappa shape index (κ2) is 7.52. The summed E-state index contributed by atoms with van der Waals surface area (Å²) < 4.78 is 1.72. The van der Waals surface area contributed by atoms with Crippen molar-refractivity contribution in [1.29, 1.82) is 0 Å². The minimum absolute atomic E-state index is 0.00749. The summed E-state index contributed by atoms with van der Waals surface area (Å²) in [6, 6.07) is 9.97. The van der Waals surface area contributed by atoms with Crippen LogP contribution in [0.3, 0.4) is 0 Å². The monoisotopic (exact) mass is 367 g/mol. The van der Waals surface area contributed by atoms with Crippen LogP contribution in [-0.2, 0) is 4.79 Å². The zero-order valence-electron chi connectivity index (χ0n) is 15.5. The molecule has 2 fully saturated rings. The van der Waals surface area contributed by atoms with Crippen LogP contribution in [0.25, 0.3) is 5.69 Å². The van der Waals surface area contributed by atoms with Crippen molar-refractivity contribution in [2.24, 2.45) is 0 Å². The Morgan fingerprint density at radius 3 is 2.48 bits per heavy atom. The Labute approximate surface area is 158 Å². The van der Waals surface area contributed by atoms with Gasteiger partial charge >= 0.3 is 0 Å². The Balaban J connectivity index is 1.33. The standard InChI is InChI=1S/C20H25N5O2/c1-15(19(26)22-17-7-8-17)23-9-11-24(12-10-23)20(27)16-13-21-25(14-16)18-5-3-2-4-6-18/h2-6,13-15,17H,7-12H2,1H3,(H,22,26). The van der Waals surface area contributed by atoms with E-state index in [1.807, 2.05) is 42.2 Å². The number of para-hydroxylation sites is 1. The molecule has 1 saturated heterocycles. The predicted octanol–water partition coefficient (Wildman–Crippen LogP) is 1.30. The Bertz CT molecular complexity index is 807. The quantitative estimate of drug-likeness (QED) is 0.865. The van der Waals surface area contributed by atoms with Gasteiger partial charge in [0.25, 0.3) is 5.91 Å². The summed E-state index contributed by atoms with van der Waals surface area (Å²) in [6.07, 6.45) is 5.58. The van der Waals surface area contributed by atoms with Crippen LogP contribution < -0.4 is 5.32 Å². The summed E-state index contributed by atoms with van der Waals surface area (Å²) in [5, 5.41) is 7.36. The van der Waals surface area contributed by atoms with E-state index in [1.54, 1.807) is 17.1 Å². The van der Waals surface area contributed by atoms with Gasteiger partial charge in [0.2, 0.25) is 5.91 Å². The highest BCUT2D eigenvalue weighted by Crippen LogP contribution is 2.19. The Kier molecular flexibility index (Phi) is 4.94. The number of nitrogens with zero attached hydrogens (tertiary/aromatic N) is 4. The molecular formula is C20H25N5O2. The normalized spacial score (nSPS) is 18.9. The van der Waals surface area contributed by atoms with Crippen molar-refractivity contribution in [3.05, 3.63) is 48.3 Å². The summed E-state index contributed by atoms with van der Waals surface area (Å²) in [6.45, 7) is 4.60. The fraction of sp³-hybridized carbons (Fsp3) is 0.450. The van der Waals surface area contributed by atoms with Gasteiger partial charge in [-0.25, -0.2) is 4.68 Å². The second-order valence-electron chi connectivity index (χ2n) is 7.30. The number of hydrogen-bond acceptors (Lipinski definition) is 4. The maximum atomic E-state index is 12.8. The number of aromatic nitrogens is 2. The molecule has 0 spiro atoms. The lowest BCUT2D eigenvalue weighted by Gasteiger charge is -2.37. The number of carbonyl (C=O) groups is 2. The fourth-order valence-electron chi connectivity index (χ4n) is 3.37. The molecule has 1 aromatic heterocycles. The van der Waals surface area contributed by atoms with Gasteiger partial charge in [-0.3, -0.25) is 14.5 Å². The molecule has 0 radical (unpaired) electrons. The first-order valence-corrected chi connectivity index (χ1v) is 9.55. The topological polar surface area (TPSA) is 70.5 Å². The highest BCUT2D eigenvalue weighted by molar-refractivity contribution is 5.94. The van der Waals surface area contributed by atoms with Gasteiger partial charge < -0.3 is 10.2 Å². The molecule has 1 aliphatic carbocycles. The largest absolute Gasteiger partial charge is 0.352 e. The van der Waals surface area contributed by atoms with Gasteiger partial charge in [-0.15, -0.1) is 0 Å². The molecule has 2 heterocycles. The van der Waals surface area contributed by atoms with Gasteiger partial charge in [-0.1, -0.05) is 18.2 Å². The minimum Gasteiger partial charge on any atom is -0.352 e. The SMILES string of the molecule is CC(C(=O)NC1CC1)N1CCN(C(=O)c2cnn(-c3ccccc3)c2)CC1. The molecule has 2 amide bonds. The van der Waals surface area contributed by atoms with Crippen LogP contribution in [0.15, 0.2) is 42.7 Å². The number of benzene rings is 1. The van der Waals surface area contributed by atoms with Crippen LogP contribution in [0.2, 0.25) is 0 Å². The molecule has 1 aliphatic heterocycles. The van der Waals surface area contributed by atoms with Crippen molar-refractivity contribution in [2.45, 2.75) is 31.8 Å². The third kappa shape index (κ3) is 4.03. The van der Waals surface area contributed by atoms with Gasteiger partial charge in [0.15, 0.2) is 0 Å². The van der Waals surface area contributed by atoms with Crippen molar-refractivity contribution >= 4 is 11.8 Å². The number of hydrogen-bond donors (Lipinski definition) is 1. The third-order valence-electron chi connectivity index (χ3n) is 5.30. The molecular weight excluding hydrogens is 342 g/mol. The van der Waals surface area contributed by atoms with Crippen molar-refractivity contribution < 1.29 is 9.59 Å². The summed E-state index contributed by atoms with van der Waals surface area (Å²) in [5.41, 5.74) is 1.52. The highest BCUT2D eigenvalue weighted by atomic mass is 16.2. The maximum Gasteiger partial charge on any atom is 0.257 e. The van der Waals surface area contributed by atoms with Gasteiger partial charge in [0.05, 0.1) is 23.5 Å². The molecule has 142 valence electrons.